The van der Waals surface area contributed by atoms with Crippen LogP contribution in [-0.2, 0) is 20.7 Å². The molecular weight excluding hydrogens is 479 g/mol. The van der Waals surface area contributed by atoms with Crippen LogP contribution in [0.5, 0.6) is 0 Å². The second-order valence-electron chi connectivity index (χ2n) is 7.03. The molecule has 0 saturated carbocycles. The summed E-state index contributed by atoms with van der Waals surface area (Å²) in [4.78, 5) is 35.8. The SMILES string of the molecule is COC(=O)[C@H](CNC(C)=O)NC(=O)c1c(Cl)cc(CCC(O)c2cccc(Cl)c2)cc1Cl. The van der Waals surface area contributed by atoms with E-state index in [4.69, 9.17) is 34.8 Å². The summed E-state index contributed by atoms with van der Waals surface area (Å²) in [6.07, 6.45) is 0.103. The van der Waals surface area contributed by atoms with E-state index in [2.05, 4.69) is 15.4 Å². The van der Waals surface area contributed by atoms with Crippen LogP contribution in [0.3, 0.4) is 0 Å². The first-order valence-electron chi connectivity index (χ1n) is 9.67. The number of amides is 2. The van der Waals surface area contributed by atoms with Crippen LogP contribution in [0.15, 0.2) is 36.4 Å². The van der Waals surface area contributed by atoms with Gasteiger partial charge in [-0.2, -0.15) is 0 Å². The Balaban J connectivity index is 2.11. The molecule has 2 amide bonds. The molecule has 2 rings (SSSR count). The van der Waals surface area contributed by atoms with Gasteiger partial charge in [0.15, 0.2) is 0 Å². The topological polar surface area (TPSA) is 105 Å². The van der Waals surface area contributed by atoms with Crippen LogP contribution in [-0.4, -0.2) is 42.6 Å². The lowest BCUT2D eigenvalue weighted by Gasteiger charge is -2.18. The van der Waals surface area contributed by atoms with Crippen molar-refractivity contribution in [3.63, 3.8) is 0 Å². The molecular formula is C22H23Cl3N2O5. The van der Waals surface area contributed by atoms with Gasteiger partial charge in [0.1, 0.15) is 6.04 Å². The minimum Gasteiger partial charge on any atom is -0.467 e. The molecule has 0 aliphatic carbocycles. The van der Waals surface area contributed by atoms with Crippen LogP contribution >= 0.6 is 34.8 Å². The summed E-state index contributed by atoms with van der Waals surface area (Å²) in [6, 6.07) is 9.00. The highest BCUT2D eigenvalue weighted by Crippen LogP contribution is 2.29. The highest BCUT2D eigenvalue weighted by atomic mass is 35.5. The van der Waals surface area contributed by atoms with Gasteiger partial charge < -0.3 is 20.5 Å². The van der Waals surface area contributed by atoms with Crippen molar-refractivity contribution in [2.24, 2.45) is 0 Å². The summed E-state index contributed by atoms with van der Waals surface area (Å²) in [5.41, 5.74) is 1.41. The fraction of sp³-hybridized carbons (Fsp3) is 0.318. The van der Waals surface area contributed by atoms with Crippen LogP contribution in [0.2, 0.25) is 15.1 Å². The Morgan fingerprint density at radius 3 is 2.31 bits per heavy atom. The van der Waals surface area contributed by atoms with Gasteiger partial charge in [0, 0.05) is 18.5 Å². The quantitative estimate of drug-likeness (QED) is 0.454. The van der Waals surface area contributed by atoms with Crippen molar-refractivity contribution < 1.29 is 24.2 Å². The fourth-order valence-electron chi connectivity index (χ4n) is 2.98. The number of hydrogen-bond acceptors (Lipinski definition) is 5. The van der Waals surface area contributed by atoms with Crippen LogP contribution in [0.1, 0.15) is 40.9 Å². The number of esters is 1. The van der Waals surface area contributed by atoms with Gasteiger partial charge in [-0.05, 0) is 48.2 Å². The Labute approximate surface area is 201 Å². The van der Waals surface area contributed by atoms with Gasteiger partial charge >= 0.3 is 5.97 Å². The van der Waals surface area contributed by atoms with E-state index in [-0.39, 0.29) is 28.1 Å². The second-order valence-corrected chi connectivity index (χ2v) is 8.28. The summed E-state index contributed by atoms with van der Waals surface area (Å²) in [5.74, 6) is -1.79. The maximum absolute atomic E-state index is 12.7. The summed E-state index contributed by atoms with van der Waals surface area (Å²) in [5, 5.41) is 16.0. The molecule has 32 heavy (non-hydrogen) atoms. The van der Waals surface area contributed by atoms with Crippen molar-refractivity contribution in [1.82, 2.24) is 10.6 Å². The zero-order valence-electron chi connectivity index (χ0n) is 17.5. The van der Waals surface area contributed by atoms with Gasteiger partial charge in [-0.15, -0.1) is 0 Å². The number of hydrogen-bond donors (Lipinski definition) is 3. The average Bonchev–Trinajstić information content (AvgIpc) is 2.73. The summed E-state index contributed by atoms with van der Waals surface area (Å²) < 4.78 is 4.66. The predicted octanol–water partition coefficient (Wildman–Crippen LogP) is 3.72. The Morgan fingerprint density at radius 2 is 1.75 bits per heavy atom. The number of ether oxygens (including phenoxy) is 1. The van der Waals surface area contributed by atoms with Gasteiger partial charge in [0.25, 0.3) is 5.91 Å². The number of methoxy groups -OCH3 is 1. The van der Waals surface area contributed by atoms with E-state index in [0.29, 0.717) is 23.4 Å². The minimum absolute atomic E-state index is 0.01000. The van der Waals surface area contributed by atoms with Crippen molar-refractivity contribution in [2.75, 3.05) is 13.7 Å². The molecule has 0 aromatic heterocycles. The lowest BCUT2D eigenvalue weighted by atomic mass is 10.0. The monoisotopic (exact) mass is 500 g/mol. The molecule has 0 saturated heterocycles. The molecule has 10 heteroatoms. The standard InChI is InChI=1S/C22H23Cl3N2O5/c1-12(28)26-11-18(22(31)32-2)27-21(30)20-16(24)8-13(9-17(20)25)6-7-19(29)14-4-3-5-15(23)10-14/h3-5,8-10,18-19,29H,6-7,11H2,1-2H3,(H,26,28)(H,27,30)/t18-,19?/m0/s1. The molecule has 2 aromatic rings. The van der Waals surface area contributed by atoms with Gasteiger partial charge in [-0.3, -0.25) is 9.59 Å². The molecule has 2 atom stereocenters. The molecule has 172 valence electrons. The third kappa shape index (κ3) is 7.38. The molecule has 7 nitrogen and oxygen atoms in total. The van der Waals surface area contributed by atoms with Crippen LogP contribution < -0.4 is 10.6 Å². The largest absolute Gasteiger partial charge is 0.467 e. The first kappa shape index (κ1) is 25.9. The van der Waals surface area contributed by atoms with E-state index in [1.807, 2.05) is 0 Å². The zero-order chi connectivity index (χ0) is 23.8. The molecule has 0 spiro atoms. The van der Waals surface area contributed by atoms with Gasteiger partial charge in [-0.25, -0.2) is 4.79 Å². The molecule has 0 aliphatic rings. The number of aryl methyl sites for hydroxylation is 1. The highest BCUT2D eigenvalue weighted by Gasteiger charge is 2.25. The Bertz CT molecular complexity index is 976. The number of benzene rings is 2. The number of carbonyl (C=O) groups is 3. The van der Waals surface area contributed by atoms with Crippen molar-refractivity contribution in [3.8, 4) is 0 Å². The van der Waals surface area contributed by atoms with Crippen LogP contribution in [0.25, 0.3) is 0 Å². The number of halogens is 3. The van der Waals surface area contributed by atoms with Crippen LogP contribution in [0.4, 0.5) is 0 Å². The summed E-state index contributed by atoms with van der Waals surface area (Å²) in [7, 11) is 1.17. The number of nitrogens with one attached hydrogen (secondary N) is 2. The molecule has 0 bridgehead atoms. The maximum Gasteiger partial charge on any atom is 0.330 e. The van der Waals surface area contributed by atoms with E-state index < -0.39 is 24.0 Å². The van der Waals surface area contributed by atoms with E-state index in [1.54, 1.807) is 36.4 Å². The van der Waals surface area contributed by atoms with E-state index in [9.17, 15) is 19.5 Å². The minimum atomic E-state index is -1.11. The average molecular weight is 502 g/mol. The number of carbonyl (C=O) groups excluding carboxylic acids is 3. The Morgan fingerprint density at radius 1 is 1.09 bits per heavy atom. The van der Waals surface area contributed by atoms with Gasteiger partial charge in [-0.1, -0.05) is 46.9 Å². The molecule has 0 fully saturated rings. The lowest BCUT2D eigenvalue weighted by molar-refractivity contribution is -0.142. The molecule has 0 aliphatic heterocycles. The molecule has 0 heterocycles. The number of rotatable bonds is 9. The number of aliphatic hydroxyl groups is 1. The third-order valence-corrected chi connectivity index (χ3v) is 5.45. The van der Waals surface area contributed by atoms with Crippen molar-refractivity contribution >= 4 is 52.6 Å². The van der Waals surface area contributed by atoms with Crippen LogP contribution in [0, 0.1) is 0 Å². The Hall–Kier alpha value is -2.32. The molecule has 3 N–H and O–H groups in total. The summed E-state index contributed by atoms with van der Waals surface area (Å²) >= 11 is 18.6. The van der Waals surface area contributed by atoms with Crippen molar-refractivity contribution in [3.05, 3.63) is 68.2 Å². The molecule has 2 aromatic carbocycles. The summed E-state index contributed by atoms with van der Waals surface area (Å²) in [6.45, 7) is 1.13. The predicted molar refractivity (Wildman–Crippen MR) is 123 cm³/mol. The highest BCUT2D eigenvalue weighted by molar-refractivity contribution is 6.39. The van der Waals surface area contributed by atoms with E-state index >= 15 is 0 Å². The smallest absolute Gasteiger partial charge is 0.330 e. The normalized spacial score (nSPS) is 12.6. The lowest BCUT2D eigenvalue weighted by Crippen LogP contribution is -2.48. The van der Waals surface area contributed by atoms with Crippen molar-refractivity contribution in [1.29, 1.82) is 0 Å². The van der Waals surface area contributed by atoms with Crippen molar-refractivity contribution in [2.45, 2.75) is 31.9 Å². The third-order valence-electron chi connectivity index (χ3n) is 4.62. The first-order chi connectivity index (χ1) is 15.1. The zero-order valence-corrected chi connectivity index (χ0v) is 19.7. The Kier molecular flexibility index (Phi) is 9.78. The van der Waals surface area contributed by atoms with Gasteiger partial charge in [0.05, 0.1) is 28.8 Å². The van der Waals surface area contributed by atoms with Gasteiger partial charge in [0.2, 0.25) is 5.91 Å². The van der Waals surface area contributed by atoms with E-state index in [1.165, 1.54) is 14.0 Å². The fourth-order valence-corrected chi connectivity index (χ4v) is 3.89. The first-order valence-corrected chi connectivity index (χ1v) is 10.8. The molecule has 0 radical (unpaired) electrons. The second kappa shape index (κ2) is 12.1. The number of aliphatic hydroxyl groups excluding tert-OH is 1. The molecule has 1 unspecified atom stereocenters. The van der Waals surface area contributed by atoms with E-state index in [0.717, 1.165) is 5.56 Å². The maximum atomic E-state index is 12.7.